The van der Waals surface area contributed by atoms with Crippen LogP contribution in [0.5, 0.6) is 0 Å². The van der Waals surface area contributed by atoms with Crippen LogP contribution in [0.1, 0.15) is 31.9 Å². The van der Waals surface area contributed by atoms with Crippen LogP contribution in [0.4, 0.5) is 5.95 Å². The van der Waals surface area contributed by atoms with Gasteiger partial charge >= 0.3 is 5.69 Å². The molecule has 0 bridgehead atoms. The van der Waals surface area contributed by atoms with Crippen LogP contribution >= 0.6 is 0 Å². The van der Waals surface area contributed by atoms with Gasteiger partial charge in [0.2, 0.25) is 5.95 Å². The molecule has 0 spiro atoms. The maximum absolute atomic E-state index is 13.3. The third kappa shape index (κ3) is 2.76. The van der Waals surface area contributed by atoms with Gasteiger partial charge in [-0.25, -0.2) is 9.80 Å². The second-order valence-corrected chi connectivity index (χ2v) is 7.67. The van der Waals surface area contributed by atoms with Crippen LogP contribution in [0.25, 0.3) is 11.2 Å². The summed E-state index contributed by atoms with van der Waals surface area (Å²) in [6, 6.07) is 7.91. The van der Waals surface area contributed by atoms with Crippen molar-refractivity contribution in [1.82, 2.24) is 18.7 Å². The van der Waals surface area contributed by atoms with E-state index in [9.17, 15) is 9.59 Å². The molecule has 8 nitrogen and oxygen atoms in total. The highest BCUT2D eigenvalue weighted by Crippen LogP contribution is 2.25. The van der Waals surface area contributed by atoms with Gasteiger partial charge in [-0.3, -0.25) is 18.5 Å². The lowest BCUT2D eigenvalue weighted by atomic mass is 10.1. The summed E-state index contributed by atoms with van der Waals surface area (Å²) in [5.41, 5.74) is 3.02. The summed E-state index contributed by atoms with van der Waals surface area (Å²) in [5, 5.41) is 6.37. The van der Waals surface area contributed by atoms with Crippen LogP contribution < -0.4 is 16.3 Å². The average molecular weight is 380 g/mol. The number of hydrogen-bond acceptors (Lipinski definition) is 5. The summed E-state index contributed by atoms with van der Waals surface area (Å²) < 4.78 is 4.60. The molecule has 0 atom stereocenters. The van der Waals surface area contributed by atoms with Crippen molar-refractivity contribution < 1.29 is 0 Å². The van der Waals surface area contributed by atoms with E-state index in [1.54, 1.807) is 12.1 Å². The lowest BCUT2D eigenvalue weighted by Crippen LogP contribution is -2.40. The molecule has 2 aromatic heterocycles. The molecule has 1 aliphatic rings. The van der Waals surface area contributed by atoms with Crippen LogP contribution in [0.3, 0.4) is 0 Å². The van der Waals surface area contributed by atoms with Crippen molar-refractivity contribution in [3.8, 4) is 0 Å². The minimum Gasteiger partial charge on any atom is -0.297 e. The van der Waals surface area contributed by atoms with Gasteiger partial charge in [0.15, 0.2) is 11.2 Å². The first-order chi connectivity index (χ1) is 13.3. The van der Waals surface area contributed by atoms with Crippen molar-refractivity contribution in [1.29, 1.82) is 0 Å². The zero-order valence-corrected chi connectivity index (χ0v) is 16.8. The fourth-order valence-electron chi connectivity index (χ4n) is 3.65. The molecule has 3 aromatic rings. The Balaban J connectivity index is 1.97. The highest BCUT2D eigenvalue weighted by atomic mass is 16.2. The average Bonchev–Trinajstić information content (AvgIpc) is 3.02. The number of benzene rings is 1. The Hall–Kier alpha value is -3.16. The molecule has 0 aliphatic carbocycles. The van der Waals surface area contributed by atoms with Gasteiger partial charge in [-0.05, 0) is 33.3 Å². The Kier molecular flexibility index (Phi) is 4.21. The third-order valence-corrected chi connectivity index (χ3v) is 4.99. The van der Waals surface area contributed by atoms with E-state index >= 15 is 0 Å². The predicted octanol–water partition coefficient (Wildman–Crippen LogP) is 1.86. The first-order valence-corrected chi connectivity index (χ1v) is 9.37. The first-order valence-electron chi connectivity index (χ1n) is 9.37. The Bertz CT molecular complexity index is 1230. The molecule has 0 radical (unpaired) electrons. The van der Waals surface area contributed by atoms with Gasteiger partial charge in [-0.2, -0.15) is 10.1 Å². The Labute approximate surface area is 162 Å². The molecule has 0 amide bonds. The monoisotopic (exact) mass is 380 g/mol. The third-order valence-electron chi connectivity index (χ3n) is 4.99. The van der Waals surface area contributed by atoms with E-state index in [2.05, 4.69) is 10.1 Å². The lowest BCUT2D eigenvalue weighted by molar-refractivity contribution is 0.640. The molecule has 1 aromatic carbocycles. The fourth-order valence-corrected chi connectivity index (χ4v) is 3.65. The van der Waals surface area contributed by atoms with Crippen molar-refractivity contribution >= 4 is 22.8 Å². The maximum Gasteiger partial charge on any atom is 0.332 e. The zero-order valence-electron chi connectivity index (χ0n) is 16.8. The van der Waals surface area contributed by atoms with Gasteiger partial charge < -0.3 is 0 Å². The molecule has 28 heavy (non-hydrogen) atoms. The quantitative estimate of drug-likeness (QED) is 0.695. The van der Waals surface area contributed by atoms with E-state index in [0.29, 0.717) is 23.7 Å². The van der Waals surface area contributed by atoms with Crippen LogP contribution in [0, 0.1) is 6.92 Å². The van der Waals surface area contributed by atoms with E-state index in [1.165, 1.54) is 9.13 Å². The van der Waals surface area contributed by atoms with Crippen molar-refractivity contribution in [2.75, 3.05) is 5.01 Å². The number of fused-ring (bicyclic) bond motifs is 3. The molecule has 3 heterocycles. The number of hydrogen-bond donors (Lipinski definition) is 0. The van der Waals surface area contributed by atoms with Gasteiger partial charge in [0, 0.05) is 7.05 Å². The molecular weight excluding hydrogens is 356 g/mol. The summed E-state index contributed by atoms with van der Waals surface area (Å²) in [6.07, 6.45) is 0. The largest absolute Gasteiger partial charge is 0.332 e. The topological polar surface area (TPSA) is 77.4 Å². The van der Waals surface area contributed by atoms with E-state index in [4.69, 9.17) is 0 Å². The molecule has 0 saturated heterocycles. The van der Waals surface area contributed by atoms with Crippen molar-refractivity contribution in [2.24, 2.45) is 12.1 Å². The van der Waals surface area contributed by atoms with Crippen LogP contribution in [0.2, 0.25) is 0 Å². The van der Waals surface area contributed by atoms with Crippen LogP contribution in [-0.2, 0) is 20.1 Å². The number of aromatic nitrogens is 4. The smallest absolute Gasteiger partial charge is 0.297 e. The summed E-state index contributed by atoms with van der Waals surface area (Å²) in [4.78, 5) is 30.9. The van der Waals surface area contributed by atoms with Gasteiger partial charge in [0.25, 0.3) is 5.56 Å². The van der Waals surface area contributed by atoms with Gasteiger partial charge in [-0.1, -0.05) is 29.8 Å². The second-order valence-electron chi connectivity index (χ2n) is 7.67. The van der Waals surface area contributed by atoms with E-state index in [1.807, 2.05) is 56.5 Å². The van der Waals surface area contributed by atoms with E-state index in [0.717, 1.165) is 16.8 Å². The molecule has 8 heteroatoms. The molecule has 0 N–H and O–H groups in total. The number of anilines is 1. The summed E-state index contributed by atoms with van der Waals surface area (Å²) >= 11 is 0. The Morgan fingerprint density at radius 3 is 2.61 bits per heavy atom. The standard InChI is InChI=1S/C20H24N6O2/c1-12(2)26-19-21-17-16(24(19)10-14(4)22-26)18(27)25(20(28)23(17)5)11-15-8-6-7-13(3)9-15/h6-9,12H,10-11H2,1-5H3. The van der Waals surface area contributed by atoms with Crippen molar-refractivity contribution in [3.63, 3.8) is 0 Å². The first kappa shape index (κ1) is 18.2. The number of aryl methyl sites for hydroxylation is 2. The normalized spacial score (nSPS) is 13.9. The fraction of sp³-hybridized carbons (Fsp3) is 0.400. The minimum absolute atomic E-state index is 0.0809. The Morgan fingerprint density at radius 2 is 1.93 bits per heavy atom. The minimum atomic E-state index is -0.372. The Morgan fingerprint density at radius 1 is 1.18 bits per heavy atom. The molecular formula is C20H24N6O2. The predicted molar refractivity (Wildman–Crippen MR) is 110 cm³/mol. The highest BCUT2D eigenvalue weighted by Gasteiger charge is 2.27. The number of hydrazone groups is 1. The zero-order chi connectivity index (χ0) is 20.2. The maximum atomic E-state index is 13.3. The van der Waals surface area contributed by atoms with E-state index in [-0.39, 0.29) is 23.8 Å². The SMILES string of the molecule is CC1=NN(C(C)C)c2nc3c(c(=O)n(Cc4cccc(C)c4)c(=O)n3C)n2C1. The molecule has 0 fully saturated rings. The number of rotatable bonds is 3. The number of imidazole rings is 1. The van der Waals surface area contributed by atoms with Crippen LogP contribution in [0.15, 0.2) is 39.0 Å². The molecule has 146 valence electrons. The van der Waals surface area contributed by atoms with Gasteiger partial charge in [0.05, 0.1) is 24.8 Å². The summed E-state index contributed by atoms with van der Waals surface area (Å²) in [7, 11) is 1.66. The molecule has 1 aliphatic heterocycles. The second kappa shape index (κ2) is 6.47. The van der Waals surface area contributed by atoms with Crippen molar-refractivity contribution in [3.05, 3.63) is 56.2 Å². The van der Waals surface area contributed by atoms with Crippen molar-refractivity contribution in [2.45, 2.75) is 46.8 Å². The van der Waals surface area contributed by atoms with Gasteiger partial charge in [-0.15, -0.1) is 0 Å². The molecule has 0 saturated carbocycles. The number of nitrogens with zero attached hydrogens (tertiary/aromatic N) is 6. The molecule has 4 rings (SSSR count). The highest BCUT2D eigenvalue weighted by molar-refractivity contribution is 5.87. The lowest BCUT2D eigenvalue weighted by Gasteiger charge is -2.27. The van der Waals surface area contributed by atoms with Crippen LogP contribution in [-0.4, -0.2) is 30.4 Å². The summed E-state index contributed by atoms with van der Waals surface area (Å²) in [6.45, 7) is 8.65. The summed E-state index contributed by atoms with van der Waals surface area (Å²) in [5.74, 6) is 0.594. The molecule has 0 unspecified atom stereocenters. The van der Waals surface area contributed by atoms with Gasteiger partial charge in [0.1, 0.15) is 0 Å². The van der Waals surface area contributed by atoms with E-state index < -0.39 is 0 Å².